The number of hydrogen-bond donors (Lipinski definition) is 1. The van der Waals surface area contributed by atoms with Crippen molar-refractivity contribution in [3.63, 3.8) is 0 Å². The number of rotatable bonds is 1. The van der Waals surface area contributed by atoms with Gasteiger partial charge in [0.1, 0.15) is 0 Å². The Bertz CT molecular complexity index is 442. The van der Waals surface area contributed by atoms with Crippen LogP contribution in [-0.2, 0) is 0 Å². The van der Waals surface area contributed by atoms with Crippen LogP contribution in [-0.4, -0.2) is 29.9 Å². The van der Waals surface area contributed by atoms with E-state index in [0.29, 0.717) is 17.1 Å². The zero-order chi connectivity index (χ0) is 12.4. The number of hydrogen-bond acceptors (Lipinski definition) is 2. The maximum absolute atomic E-state index is 12.2. The van der Waals surface area contributed by atoms with Crippen molar-refractivity contribution in [1.29, 1.82) is 0 Å². The molecule has 1 amide bonds. The molecule has 1 aromatic rings. The van der Waals surface area contributed by atoms with E-state index in [1.54, 1.807) is 6.07 Å². The second-order valence-corrected chi connectivity index (χ2v) is 5.85. The van der Waals surface area contributed by atoms with Gasteiger partial charge in [-0.1, -0.05) is 11.6 Å². The van der Waals surface area contributed by atoms with Crippen LogP contribution in [0.5, 0.6) is 0 Å². The molecule has 1 aliphatic rings. The number of amides is 1. The minimum atomic E-state index is 0. The standard InChI is InChI=1S/C12H14ClIN2O.ClH/c13-10-6-8(3-4-11(10)14)12(17)16-5-1-2-9(15)7-16;/h3-4,6,9H,1-2,5,7,15H2;1H. The van der Waals surface area contributed by atoms with Gasteiger partial charge in [-0.3, -0.25) is 4.79 Å². The summed E-state index contributed by atoms with van der Waals surface area (Å²) in [6.45, 7) is 1.43. The number of benzene rings is 1. The number of carbonyl (C=O) groups is 1. The van der Waals surface area contributed by atoms with E-state index in [0.717, 1.165) is 23.0 Å². The summed E-state index contributed by atoms with van der Waals surface area (Å²) in [5, 5.41) is 0.623. The van der Waals surface area contributed by atoms with Gasteiger partial charge in [-0.25, -0.2) is 0 Å². The van der Waals surface area contributed by atoms with Crippen molar-refractivity contribution in [3.05, 3.63) is 32.4 Å². The van der Waals surface area contributed by atoms with Crippen molar-refractivity contribution >= 4 is 52.5 Å². The summed E-state index contributed by atoms with van der Waals surface area (Å²) in [7, 11) is 0. The lowest BCUT2D eigenvalue weighted by atomic mass is 10.1. The second kappa shape index (κ2) is 6.93. The van der Waals surface area contributed by atoms with Gasteiger partial charge < -0.3 is 10.6 Å². The van der Waals surface area contributed by atoms with E-state index in [4.69, 9.17) is 17.3 Å². The minimum Gasteiger partial charge on any atom is -0.337 e. The SMILES string of the molecule is Cl.NC1CCCN(C(=O)c2ccc(I)c(Cl)c2)C1. The van der Waals surface area contributed by atoms with Gasteiger partial charge in [0, 0.05) is 28.3 Å². The monoisotopic (exact) mass is 400 g/mol. The smallest absolute Gasteiger partial charge is 0.253 e. The molecule has 18 heavy (non-hydrogen) atoms. The Labute approximate surface area is 132 Å². The zero-order valence-corrected chi connectivity index (χ0v) is 13.5. The molecule has 1 atom stereocenters. The Morgan fingerprint density at radius 2 is 2.22 bits per heavy atom. The Balaban J connectivity index is 0.00000162. The summed E-state index contributed by atoms with van der Waals surface area (Å²) in [6.07, 6.45) is 1.97. The predicted octanol–water partition coefficient (Wildman–Crippen LogP) is 2.93. The topological polar surface area (TPSA) is 46.3 Å². The molecule has 1 heterocycles. The van der Waals surface area contributed by atoms with Crippen LogP contribution in [0.15, 0.2) is 18.2 Å². The number of nitrogens with zero attached hydrogens (tertiary/aromatic N) is 1. The first-order valence-electron chi connectivity index (χ1n) is 5.58. The molecule has 1 fully saturated rings. The predicted molar refractivity (Wildman–Crippen MR) is 84.5 cm³/mol. The number of halogens is 3. The highest BCUT2D eigenvalue weighted by Crippen LogP contribution is 2.21. The van der Waals surface area contributed by atoms with Crippen LogP contribution in [0.25, 0.3) is 0 Å². The Kier molecular flexibility index (Phi) is 6.17. The van der Waals surface area contributed by atoms with E-state index in [-0.39, 0.29) is 24.4 Å². The van der Waals surface area contributed by atoms with Crippen LogP contribution in [0.1, 0.15) is 23.2 Å². The number of nitrogens with two attached hydrogens (primary N) is 1. The summed E-state index contributed by atoms with van der Waals surface area (Å²) in [5.41, 5.74) is 6.52. The van der Waals surface area contributed by atoms with Gasteiger partial charge in [-0.05, 0) is 53.6 Å². The van der Waals surface area contributed by atoms with Crippen LogP contribution in [0, 0.1) is 3.57 Å². The molecular formula is C12H15Cl2IN2O. The van der Waals surface area contributed by atoms with Crippen molar-refractivity contribution in [1.82, 2.24) is 4.90 Å². The molecule has 0 aromatic heterocycles. The van der Waals surface area contributed by atoms with Gasteiger partial charge >= 0.3 is 0 Å². The molecule has 3 nitrogen and oxygen atoms in total. The minimum absolute atomic E-state index is 0. The maximum atomic E-state index is 12.2. The average molecular weight is 401 g/mol. The molecule has 1 saturated heterocycles. The van der Waals surface area contributed by atoms with Crippen LogP contribution < -0.4 is 5.73 Å². The normalized spacial score (nSPS) is 19.3. The molecule has 0 saturated carbocycles. The van der Waals surface area contributed by atoms with Crippen molar-refractivity contribution < 1.29 is 4.79 Å². The van der Waals surface area contributed by atoms with Gasteiger partial charge in [-0.2, -0.15) is 0 Å². The van der Waals surface area contributed by atoms with Gasteiger partial charge in [-0.15, -0.1) is 12.4 Å². The Morgan fingerprint density at radius 1 is 1.50 bits per heavy atom. The lowest BCUT2D eigenvalue weighted by Gasteiger charge is -2.30. The molecule has 0 spiro atoms. The fourth-order valence-electron chi connectivity index (χ4n) is 2.01. The highest BCUT2D eigenvalue weighted by Gasteiger charge is 2.22. The maximum Gasteiger partial charge on any atom is 0.253 e. The first-order chi connectivity index (χ1) is 8.08. The molecular weight excluding hydrogens is 386 g/mol. The van der Waals surface area contributed by atoms with E-state index < -0.39 is 0 Å². The summed E-state index contributed by atoms with van der Waals surface area (Å²) in [5.74, 6) is 0.0263. The van der Waals surface area contributed by atoms with E-state index in [1.165, 1.54) is 0 Å². The van der Waals surface area contributed by atoms with Crippen LogP contribution in [0.4, 0.5) is 0 Å². The van der Waals surface area contributed by atoms with E-state index in [1.807, 2.05) is 17.0 Å². The summed E-state index contributed by atoms with van der Waals surface area (Å²) in [4.78, 5) is 14.0. The molecule has 0 bridgehead atoms. The first kappa shape index (κ1) is 16.0. The molecule has 2 rings (SSSR count). The summed E-state index contributed by atoms with van der Waals surface area (Å²) >= 11 is 8.17. The number of carbonyl (C=O) groups excluding carboxylic acids is 1. The zero-order valence-electron chi connectivity index (χ0n) is 9.73. The first-order valence-corrected chi connectivity index (χ1v) is 7.03. The molecule has 6 heteroatoms. The largest absolute Gasteiger partial charge is 0.337 e. The summed E-state index contributed by atoms with van der Waals surface area (Å²) < 4.78 is 0.955. The van der Waals surface area contributed by atoms with Gasteiger partial charge in [0.25, 0.3) is 5.91 Å². The van der Waals surface area contributed by atoms with E-state index in [9.17, 15) is 4.79 Å². The third kappa shape index (κ3) is 3.73. The quantitative estimate of drug-likeness (QED) is 0.736. The Hall–Kier alpha value is -0.0400. The van der Waals surface area contributed by atoms with Crippen LogP contribution in [0.3, 0.4) is 0 Å². The van der Waals surface area contributed by atoms with Crippen LogP contribution >= 0.6 is 46.6 Å². The lowest BCUT2D eigenvalue weighted by molar-refractivity contribution is 0.0709. The third-order valence-corrected chi connectivity index (χ3v) is 4.48. The summed E-state index contributed by atoms with van der Waals surface area (Å²) in [6, 6.07) is 5.51. The number of likely N-dealkylation sites (tertiary alicyclic amines) is 1. The molecule has 0 radical (unpaired) electrons. The lowest BCUT2D eigenvalue weighted by Crippen LogP contribution is -2.45. The molecule has 2 N–H and O–H groups in total. The van der Waals surface area contributed by atoms with Crippen LogP contribution in [0.2, 0.25) is 5.02 Å². The van der Waals surface area contributed by atoms with Crippen molar-refractivity contribution in [2.75, 3.05) is 13.1 Å². The van der Waals surface area contributed by atoms with Gasteiger partial charge in [0.15, 0.2) is 0 Å². The van der Waals surface area contributed by atoms with Crippen molar-refractivity contribution in [3.8, 4) is 0 Å². The van der Waals surface area contributed by atoms with Crippen molar-refractivity contribution in [2.45, 2.75) is 18.9 Å². The average Bonchev–Trinajstić information content (AvgIpc) is 2.32. The number of piperidine rings is 1. The molecule has 1 unspecified atom stereocenters. The molecule has 0 aliphatic carbocycles. The van der Waals surface area contributed by atoms with Gasteiger partial charge in [0.05, 0.1) is 5.02 Å². The Morgan fingerprint density at radius 3 is 2.83 bits per heavy atom. The third-order valence-electron chi connectivity index (χ3n) is 2.91. The molecule has 1 aromatic carbocycles. The van der Waals surface area contributed by atoms with E-state index >= 15 is 0 Å². The van der Waals surface area contributed by atoms with Crippen molar-refractivity contribution in [2.24, 2.45) is 5.73 Å². The van der Waals surface area contributed by atoms with E-state index in [2.05, 4.69) is 22.6 Å². The second-order valence-electron chi connectivity index (χ2n) is 4.28. The highest BCUT2D eigenvalue weighted by atomic mass is 127. The molecule has 1 aliphatic heterocycles. The fraction of sp³-hybridized carbons (Fsp3) is 0.417. The fourth-order valence-corrected chi connectivity index (χ4v) is 2.52. The molecule has 100 valence electrons. The van der Waals surface area contributed by atoms with Gasteiger partial charge in [0.2, 0.25) is 0 Å². The highest BCUT2D eigenvalue weighted by molar-refractivity contribution is 14.1.